The molecule has 1 heterocycles. The van der Waals surface area contributed by atoms with Gasteiger partial charge in [0.25, 0.3) is 5.91 Å². The van der Waals surface area contributed by atoms with Gasteiger partial charge in [0.1, 0.15) is 5.15 Å². The monoisotopic (exact) mass is 376 g/mol. The van der Waals surface area contributed by atoms with Crippen molar-refractivity contribution in [1.29, 1.82) is 0 Å². The van der Waals surface area contributed by atoms with Gasteiger partial charge < -0.3 is 14.8 Å². The van der Waals surface area contributed by atoms with Crippen molar-refractivity contribution in [3.8, 4) is 11.5 Å². The van der Waals surface area contributed by atoms with Gasteiger partial charge in [-0.15, -0.1) is 0 Å². The van der Waals surface area contributed by atoms with Crippen LogP contribution in [-0.4, -0.2) is 24.1 Å². The molecule has 0 bridgehead atoms. The predicted molar refractivity (Wildman–Crippen MR) is 103 cm³/mol. The van der Waals surface area contributed by atoms with Crippen molar-refractivity contribution in [3.05, 3.63) is 52.8 Å². The molecule has 5 nitrogen and oxygen atoms in total. The zero-order valence-corrected chi connectivity index (χ0v) is 16.3. The molecule has 0 spiro atoms. The molecule has 6 heteroatoms. The first-order valence-electron chi connectivity index (χ1n) is 8.78. The van der Waals surface area contributed by atoms with Crippen LogP contribution < -0.4 is 14.8 Å². The molecule has 1 aromatic heterocycles. The van der Waals surface area contributed by atoms with E-state index in [0.717, 1.165) is 5.56 Å². The molecule has 0 saturated carbocycles. The van der Waals surface area contributed by atoms with Crippen LogP contribution >= 0.6 is 11.6 Å². The predicted octanol–water partition coefficient (Wildman–Crippen LogP) is 4.66. The van der Waals surface area contributed by atoms with E-state index in [1.807, 2.05) is 32.0 Å². The molecular weight excluding hydrogens is 352 g/mol. The van der Waals surface area contributed by atoms with Crippen LogP contribution in [0.25, 0.3) is 0 Å². The van der Waals surface area contributed by atoms with E-state index in [0.29, 0.717) is 35.4 Å². The van der Waals surface area contributed by atoms with Gasteiger partial charge in [0.15, 0.2) is 11.5 Å². The van der Waals surface area contributed by atoms with Crippen LogP contribution in [0.3, 0.4) is 0 Å². The lowest BCUT2D eigenvalue weighted by molar-refractivity contribution is 0.0925. The van der Waals surface area contributed by atoms with Gasteiger partial charge in [-0.3, -0.25) is 4.79 Å². The fourth-order valence-corrected chi connectivity index (χ4v) is 2.74. The van der Waals surface area contributed by atoms with Crippen LogP contribution in [0.15, 0.2) is 36.5 Å². The Balaban J connectivity index is 2.27. The van der Waals surface area contributed by atoms with Crippen LogP contribution in [0.5, 0.6) is 11.5 Å². The molecule has 140 valence electrons. The van der Waals surface area contributed by atoms with Crippen molar-refractivity contribution in [2.45, 2.75) is 33.7 Å². The fraction of sp³-hybridized carbons (Fsp3) is 0.400. The normalized spacial score (nSPS) is 11.9. The summed E-state index contributed by atoms with van der Waals surface area (Å²) in [5, 5.41) is 3.43. The zero-order chi connectivity index (χ0) is 19.1. The Kier molecular flexibility index (Phi) is 7.27. The van der Waals surface area contributed by atoms with E-state index in [4.69, 9.17) is 21.1 Å². The number of amides is 1. The SMILES string of the molecule is CCOc1ccc(C(NC(=O)c2ccc(Cl)nc2)C(C)C)cc1OCC. The molecule has 0 fully saturated rings. The van der Waals surface area contributed by atoms with E-state index >= 15 is 0 Å². The molecule has 1 amide bonds. The highest BCUT2D eigenvalue weighted by Gasteiger charge is 2.21. The second kappa shape index (κ2) is 9.43. The minimum absolute atomic E-state index is 0.173. The number of carbonyl (C=O) groups is 1. The third-order valence-electron chi connectivity index (χ3n) is 3.87. The first-order valence-corrected chi connectivity index (χ1v) is 9.16. The van der Waals surface area contributed by atoms with Gasteiger partial charge in [-0.1, -0.05) is 31.5 Å². The molecule has 1 N–H and O–H groups in total. The first kappa shape index (κ1) is 20.0. The average Bonchev–Trinajstić information content (AvgIpc) is 2.62. The van der Waals surface area contributed by atoms with E-state index in [1.54, 1.807) is 12.1 Å². The molecule has 2 aromatic rings. The quantitative estimate of drug-likeness (QED) is 0.680. The summed E-state index contributed by atoms with van der Waals surface area (Å²) in [5.74, 6) is 1.38. The number of ether oxygens (including phenoxy) is 2. The summed E-state index contributed by atoms with van der Waals surface area (Å²) in [6.07, 6.45) is 1.47. The molecule has 1 atom stereocenters. The Bertz CT molecular complexity index is 732. The lowest BCUT2D eigenvalue weighted by atomic mass is 9.95. The van der Waals surface area contributed by atoms with Crippen molar-refractivity contribution >= 4 is 17.5 Å². The number of nitrogens with zero attached hydrogens (tertiary/aromatic N) is 1. The zero-order valence-electron chi connectivity index (χ0n) is 15.6. The third-order valence-corrected chi connectivity index (χ3v) is 4.09. The van der Waals surface area contributed by atoms with Gasteiger partial charge in [-0.2, -0.15) is 0 Å². The number of nitrogens with one attached hydrogen (secondary N) is 1. The minimum atomic E-state index is -0.195. The Morgan fingerprint density at radius 3 is 2.38 bits per heavy atom. The number of carbonyl (C=O) groups excluding carboxylic acids is 1. The van der Waals surface area contributed by atoms with Gasteiger partial charge in [0.05, 0.1) is 24.8 Å². The van der Waals surface area contributed by atoms with Gasteiger partial charge in [0, 0.05) is 6.20 Å². The maximum Gasteiger partial charge on any atom is 0.253 e. The molecule has 0 aliphatic carbocycles. The van der Waals surface area contributed by atoms with E-state index in [-0.39, 0.29) is 17.9 Å². The number of hydrogen-bond donors (Lipinski definition) is 1. The van der Waals surface area contributed by atoms with Crippen LogP contribution in [0.1, 0.15) is 49.7 Å². The number of aromatic nitrogens is 1. The summed E-state index contributed by atoms with van der Waals surface area (Å²) < 4.78 is 11.3. The summed E-state index contributed by atoms with van der Waals surface area (Å²) in [7, 11) is 0. The third kappa shape index (κ3) is 5.11. The fourth-order valence-electron chi connectivity index (χ4n) is 2.63. The summed E-state index contributed by atoms with van der Waals surface area (Å²) in [6, 6.07) is 8.86. The second-order valence-electron chi connectivity index (χ2n) is 6.14. The van der Waals surface area contributed by atoms with Crippen LogP contribution in [0.4, 0.5) is 0 Å². The lowest BCUT2D eigenvalue weighted by Gasteiger charge is -2.24. The Hall–Kier alpha value is -2.27. The molecule has 26 heavy (non-hydrogen) atoms. The van der Waals surface area contributed by atoms with Crippen molar-refractivity contribution in [1.82, 2.24) is 10.3 Å². The van der Waals surface area contributed by atoms with Crippen molar-refractivity contribution < 1.29 is 14.3 Å². The van der Waals surface area contributed by atoms with Crippen LogP contribution in [0, 0.1) is 5.92 Å². The highest BCUT2D eigenvalue weighted by atomic mass is 35.5. The lowest BCUT2D eigenvalue weighted by Crippen LogP contribution is -2.31. The topological polar surface area (TPSA) is 60.5 Å². The van der Waals surface area contributed by atoms with Crippen molar-refractivity contribution in [3.63, 3.8) is 0 Å². The Morgan fingerprint density at radius 1 is 1.12 bits per heavy atom. The minimum Gasteiger partial charge on any atom is -0.490 e. The molecule has 0 saturated heterocycles. The van der Waals surface area contributed by atoms with E-state index in [9.17, 15) is 4.79 Å². The number of halogens is 1. The van der Waals surface area contributed by atoms with Crippen molar-refractivity contribution in [2.75, 3.05) is 13.2 Å². The standard InChI is InChI=1S/C20H25ClN2O3/c1-5-25-16-9-7-14(11-17(16)26-6-2)19(13(3)4)23-20(24)15-8-10-18(21)22-12-15/h7-13,19H,5-6H2,1-4H3,(H,23,24). The van der Waals surface area contributed by atoms with E-state index in [2.05, 4.69) is 24.1 Å². The summed E-state index contributed by atoms with van der Waals surface area (Å²) in [6.45, 7) is 9.08. The summed E-state index contributed by atoms with van der Waals surface area (Å²) in [5.41, 5.74) is 1.43. The van der Waals surface area contributed by atoms with Crippen molar-refractivity contribution in [2.24, 2.45) is 5.92 Å². The molecule has 0 aliphatic rings. The molecule has 1 unspecified atom stereocenters. The maximum absolute atomic E-state index is 12.6. The Labute approximate surface area is 159 Å². The highest BCUT2D eigenvalue weighted by molar-refractivity contribution is 6.29. The first-order chi connectivity index (χ1) is 12.5. The Morgan fingerprint density at radius 2 is 1.81 bits per heavy atom. The summed E-state index contributed by atoms with van der Waals surface area (Å²) >= 11 is 5.79. The largest absolute Gasteiger partial charge is 0.490 e. The van der Waals surface area contributed by atoms with Gasteiger partial charge in [-0.05, 0) is 49.6 Å². The smallest absolute Gasteiger partial charge is 0.253 e. The molecule has 2 rings (SSSR count). The van der Waals surface area contributed by atoms with Gasteiger partial charge in [-0.25, -0.2) is 4.98 Å². The molecule has 1 aromatic carbocycles. The van der Waals surface area contributed by atoms with E-state index < -0.39 is 0 Å². The van der Waals surface area contributed by atoms with E-state index in [1.165, 1.54) is 6.20 Å². The van der Waals surface area contributed by atoms with Gasteiger partial charge >= 0.3 is 0 Å². The number of benzene rings is 1. The molecule has 0 radical (unpaired) electrons. The van der Waals surface area contributed by atoms with Gasteiger partial charge in [0.2, 0.25) is 0 Å². The number of rotatable bonds is 8. The highest BCUT2D eigenvalue weighted by Crippen LogP contribution is 2.33. The summed E-state index contributed by atoms with van der Waals surface area (Å²) in [4.78, 5) is 16.5. The second-order valence-corrected chi connectivity index (χ2v) is 6.52. The molecule has 0 aliphatic heterocycles. The maximum atomic E-state index is 12.6. The number of pyridine rings is 1. The number of hydrogen-bond acceptors (Lipinski definition) is 4. The molecular formula is C20H25ClN2O3. The average molecular weight is 377 g/mol. The van der Waals surface area contributed by atoms with Crippen LogP contribution in [0.2, 0.25) is 5.15 Å². The van der Waals surface area contributed by atoms with Crippen LogP contribution in [-0.2, 0) is 0 Å².